The number of hydrogen-bond donors (Lipinski definition) is 3. The van der Waals surface area contributed by atoms with Gasteiger partial charge in [0, 0.05) is 18.7 Å². The Labute approximate surface area is 119 Å². The van der Waals surface area contributed by atoms with Crippen molar-refractivity contribution in [2.24, 2.45) is 11.7 Å². The number of amides is 2. The van der Waals surface area contributed by atoms with Crippen LogP contribution in [-0.2, 0) is 16.0 Å². The number of rotatable bonds is 7. The van der Waals surface area contributed by atoms with Gasteiger partial charge in [-0.2, -0.15) is 0 Å². The van der Waals surface area contributed by atoms with Crippen LogP contribution >= 0.6 is 0 Å². The summed E-state index contributed by atoms with van der Waals surface area (Å²) in [5, 5.41) is 5.57. The van der Waals surface area contributed by atoms with Gasteiger partial charge in [-0.25, -0.2) is 0 Å². The van der Waals surface area contributed by atoms with Crippen LogP contribution in [0.25, 0.3) is 0 Å². The van der Waals surface area contributed by atoms with Gasteiger partial charge >= 0.3 is 0 Å². The summed E-state index contributed by atoms with van der Waals surface area (Å²) in [7, 11) is 0. The van der Waals surface area contributed by atoms with Gasteiger partial charge in [0.05, 0.1) is 6.42 Å². The smallest absolute Gasteiger partial charge is 0.224 e. The molecular formula is C15H23N3O2. The molecule has 0 bridgehead atoms. The van der Waals surface area contributed by atoms with Crippen molar-refractivity contribution in [3.8, 4) is 0 Å². The zero-order valence-electron chi connectivity index (χ0n) is 12.1. The van der Waals surface area contributed by atoms with Crippen LogP contribution in [0, 0.1) is 5.92 Å². The first-order chi connectivity index (χ1) is 9.55. The molecule has 1 rings (SSSR count). The van der Waals surface area contributed by atoms with Crippen molar-refractivity contribution >= 4 is 17.5 Å². The highest BCUT2D eigenvalue weighted by Crippen LogP contribution is 2.11. The van der Waals surface area contributed by atoms with Gasteiger partial charge in [0.15, 0.2) is 0 Å². The summed E-state index contributed by atoms with van der Waals surface area (Å²) < 4.78 is 0. The molecule has 20 heavy (non-hydrogen) atoms. The van der Waals surface area contributed by atoms with Crippen molar-refractivity contribution in [2.45, 2.75) is 26.7 Å². The van der Waals surface area contributed by atoms with E-state index < -0.39 is 0 Å². The van der Waals surface area contributed by atoms with E-state index in [1.54, 1.807) is 12.1 Å². The molecule has 0 saturated carbocycles. The molecule has 0 aliphatic rings. The molecular weight excluding hydrogens is 254 g/mol. The maximum Gasteiger partial charge on any atom is 0.224 e. The highest BCUT2D eigenvalue weighted by atomic mass is 16.2. The number of likely N-dealkylation sites (N-methyl/N-ethyl adjacent to an activating group) is 1. The lowest BCUT2D eigenvalue weighted by Crippen LogP contribution is -2.24. The second-order valence-corrected chi connectivity index (χ2v) is 4.92. The number of carbonyl (C=O) groups is 2. The average Bonchev–Trinajstić information content (AvgIpc) is 2.41. The Kier molecular flexibility index (Phi) is 6.73. The van der Waals surface area contributed by atoms with Crippen molar-refractivity contribution < 1.29 is 9.59 Å². The van der Waals surface area contributed by atoms with E-state index >= 15 is 0 Å². The maximum absolute atomic E-state index is 11.7. The third-order valence-corrected chi connectivity index (χ3v) is 2.91. The van der Waals surface area contributed by atoms with E-state index in [4.69, 9.17) is 5.73 Å². The molecule has 1 atom stereocenters. The standard InChI is InChI=1S/C15H23N3O2/c1-3-17-14(19)9-12-4-6-13(7-5-12)18-15(20)8-11(2)10-16/h4-7,11H,3,8-10,16H2,1-2H3,(H,17,19)(H,18,20). The summed E-state index contributed by atoms with van der Waals surface area (Å²) in [6, 6.07) is 7.30. The molecule has 5 heteroatoms. The fourth-order valence-electron chi connectivity index (χ4n) is 1.76. The molecule has 0 radical (unpaired) electrons. The normalized spacial score (nSPS) is 11.8. The lowest BCUT2D eigenvalue weighted by atomic mass is 10.1. The molecule has 1 aromatic carbocycles. The summed E-state index contributed by atoms with van der Waals surface area (Å²) in [4.78, 5) is 23.1. The zero-order chi connectivity index (χ0) is 15.0. The molecule has 4 N–H and O–H groups in total. The van der Waals surface area contributed by atoms with Gasteiger partial charge < -0.3 is 16.4 Å². The van der Waals surface area contributed by atoms with Crippen LogP contribution < -0.4 is 16.4 Å². The molecule has 0 spiro atoms. The van der Waals surface area contributed by atoms with Gasteiger partial charge in [0.2, 0.25) is 11.8 Å². The minimum Gasteiger partial charge on any atom is -0.356 e. The molecule has 1 aromatic rings. The van der Waals surface area contributed by atoms with Gasteiger partial charge in [-0.05, 0) is 37.1 Å². The predicted octanol–water partition coefficient (Wildman–Crippen LogP) is 1.29. The van der Waals surface area contributed by atoms with E-state index in [1.807, 2.05) is 26.0 Å². The monoisotopic (exact) mass is 277 g/mol. The van der Waals surface area contributed by atoms with Crippen LogP contribution in [-0.4, -0.2) is 24.9 Å². The molecule has 0 fully saturated rings. The van der Waals surface area contributed by atoms with Crippen LogP contribution in [0.15, 0.2) is 24.3 Å². The van der Waals surface area contributed by atoms with Crippen LogP contribution in [0.3, 0.4) is 0 Å². The third kappa shape index (κ3) is 5.84. The molecule has 0 aliphatic carbocycles. The number of benzene rings is 1. The number of nitrogens with two attached hydrogens (primary N) is 1. The lowest BCUT2D eigenvalue weighted by molar-refractivity contribution is -0.120. The van der Waals surface area contributed by atoms with Crippen LogP contribution in [0.2, 0.25) is 0 Å². The van der Waals surface area contributed by atoms with E-state index in [9.17, 15) is 9.59 Å². The lowest BCUT2D eigenvalue weighted by Gasteiger charge is -2.09. The molecule has 0 aliphatic heterocycles. The largest absolute Gasteiger partial charge is 0.356 e. The molecule has 0 saturated heterocycles. The summed E-state index contributed by atoms with van der Waals surface area (Å²) in [6.45, 7) is 4.96. The highest BCUT2D eigenvalue weighted by molar-refractivity contribution is 5.90. The first kappa shape index (κ1) is 16.2. The Balaban J connectivity index is 2.50. The molecule has 110 valence electrons. The van der Waals surface area contributed by atoms with Gasteiger partial charge in [-0.3, -0.25) is 9.59 Å². The van der Waals surface area contributed by atoms with Crippen LogP contribution in [0.5, 0.6) is 0 Å². The highest BCUT2D eigenvalue weighted by Gasteiger charge is 2.08. The fraction of sp³-hybridized carbons (Fsp3) is 0.467. The van der Waals surface area contributed by atoms with Crippen molar-refractivity contribution in [2.75, 3.05) is 18.4 Å². The quantitative estimate of drug-likeness (QED) is 0.702. The summed E-state index contributed by atoms with van der Waals surface area (Å²) in [6.07, 6.45) is 0.767. The van der Waals surface area contributed by atoms with Gasteiger partial charge in [0.25, 0.3) is 0 Å². The molecule has 2 amide bonds. The average molecular weight is 277 g/mol. The van der Waals surface area contributed by atoms with Crippen molar-refractivity contribution in [1.29, 1.82) is 0 Å². The van der Waals surface area contributed by atoms with E-state index in [-0.39, 0.29) is 17.7 Å². The first-order valence-corrected chi connectivity index (χ1v) is 6.90. The fourth-order valence-corrected chi connectivity index (χ4v) is 1.76. The Morgan fingerprint density at radius 2 is 1.85 bits per heavy atom. The Morgan fingerprint density at radius 3 is 2.40 bits per heavy atom. The van der Waals surface area contributed by atoms with E-state index in [2.05, 4.69) is 10.6 Å². The minimum absolute atomic E-state index is 0.000978. The maximum atomic E-state index is 11.7. The number of nitrogens with one attached hydrogen (secondary N) is 2. The number of carbonyl (C=O) groups excluding carboxylic acids is 2. The SMILES string of the molecule is CCNC(=O)Cc1ccc(NC(=O)CC(C)CN)cc1. The second-order valence-electron chi connectivity index (χ2n) is 4.92. The van der Waals surface area contributed by atoms with E-state index in [0.29, 0.717) is 25.9 Å². The van der Waals surface area contributed by atoms with Crippen molar-refractivity contribution in [3.63, 3.8) is 0 Å². The Hall–Kier alpha value is -1.88. The molecule has 0 aromatic heterocycles. The molecule has 0 heterocycles. The summed E-state index contributed by atoms with van der Waals surface area (Å²) in [5.41, 5.74) is 7.14. The Bertz CT molecular complexity index is 443. The zero-order valence-corrected chi connectivity index (χ0v) is 12.1. The first-order valence-electron chi connectivity index (χ1n) is 6.90. The van der Waals surface area contributed by atoms with Crippen LogP contribution in [0.4, 0.5) is 5.69 Å². The second kappa shape index (κ2) is 8.32. The van der Waals surface area contributed by atoms with E-state index in [1.165, 1.54) is 0 Å². The molecule has 1 unspecified atom stereocenters. The minimum atomic E-state index is -0.0422. The van der Waals surface area contributed by atoms with Crippen molar-refractivity contribution in [1.82, 2.24) is 5.32 Å². The van der Waals surface area contributed by atoms with E-state index in [0.717, 1.165) is 11.3 Å². The topological polar surface area (TPSA) is 84.2 Å². The van der Waals surface area contributed by atoms with Gasteiger partial charge in [-0.1, -0.05) is 19.1 Å². The number of anilines is 1. The molecule has 5 nitrogen and oxygen atoms in total. The summed E-state index contributed by atoms with van der Waals surface area (Å²) >= 11 is 0. The predicted molar refractivity (Wildman–Crippen MR) is 80.3 cm³/mol. The van der Waals surface area contributed by atoms with Gasteiger partial charge in [0.1, 0.15) is 0 Å². The van der Waals surface area contributed by atoms with Crippen molar-refractivity contribution in [3.05, 3.63) is 29.8 Å². The van der Waals surface area contributed by atoms with Crippen LogP contribution in [0.1, 0.15) is 25.8 Å². The number of hydrogen-bond acceptors (Lipinski definition) is 3. The Morgan fingerprint density at radius 1 is 1.20 bits per heavy atom. The third-order valence-electron chi connectivity index (χ3n) is 2.91. The van der Waals surface area contributed by atoms with Gasteiger partial charge in [-0.15, -0.1) is 0 Å². The summed E-state index contributed by atoms with van der Waals surface area (Å²) in [5.74, 6) is 0.132.